The smallest absolute Gasteiger partial charge is 0.416 e. The SMILES string of the molecule is CS(=O)(=O)[N-]CC[NH2+]Cc1ccc(C(F)(F)F)cc1. The molecule has 0 aromatic heterocycles. The van der Waals surface area contributed by atoms with Gasteiger partial charge in [-0.05, 0) is 12.1 Å². The third kappa shape index (κ3) is 6.55. The first kappa shape index (κ1) is 15.9. The number of quaternary nitrogens is 1. The lowest BCUT2D eigenvalue weighted by molar-refractivity contribution is -0.667. The highest BCUT2D eigenvalue weighted by Gasteiger charge is 2.29. The standard InChI is InChI=1S/C11H14F3N2O2S/c1-19(17,18)16-7-6-15-8-9-2-4-10(5-3-9)11(12,13)14/h2-5,15H,6-8H2,1H3/q-1/p+1. The van der Waals surface area contributed by atoms with Gasteiger partial charge >= 0.3 is 6.18 Å². The van der Waals surface area contributed by atoms with E-state index in [1.54, 1.807) is 5.32 Å². The monoisotopic (exact) mass is 296 g/mol. The molecule has 0 spiro atoms. The van der Waals surface area contributed by atoms with Crippen LogP contribution in [0.1, 0.15) is 11.1 Å². The number of rotatable bonds is 6. The number of nitrogens with zero attached hydrogens (tertiary/aromatic N) is 1. The van der Waals surface area contributed by atoms with Gasteiger partial charge in [-0.25, -0.2) is 8.42 Å². The Morgan fingerprint density at radius 1 is 1.21 bits per heavy atom. The lowest BCUT2D eigenvalue weighted by atomic mass is 10.1. The van der Waals surface area contributed by atoms with E-state index in [1.165, 1.54) is 12.1 Å². The number of hydrogen-bond donors (Lipinski definition) is 1. The average molecular weight is 296 g/mol. The maximum absolute atomic E-state index is 12.3. The zero-order valence-corrected chi connectivity index (χ0v) is 11.1. The van der Waals surface area contributed by atoms with Gasteiger partial charge in [-0.2, -0.15) is 13.2 Å². The first-order valence-corrected chi connectivity index (χ1v) is 7.40. The molecule has 0 atom stereocenters. The van der Waals surface area contributed by atoms with Gasteiger partial charge in [0.2, 0.25) is 0 Å². The summed E-state index contributed by atoms with van der Waals surface area (Å²) >= 11 is 0. The molecule has 0 aliphatic heterocycles. The summed E-state index contributed by atoms with van der Waals surface area (Å²) in [6.45, 7) is 1.12. The maximum Gasteiger partial charge on any atom is 0.416 e. The highest BCUT2D eigenvalue weighted by molar-refractivity contribution is 7.93. The summed E-state index contributed by atoms with van der Waals surface area (Å²) in [5, 5.41) is 1.79. The van der Waals surface area contributed by atoms with Gasteiger partial charge < -0.3 is 10.0 Å². The number of nitrogens with two attached hydrogens (primary N) is 1. The van der Waals surface area contributed by atoms with Crippen molar-refractivity contribution in [2.75, 3.05) is 19.3 Å². The molecule has 1 aromatic rings. The van der Waals surface area contributed by atoms with Crippen LogP contribution in [0.4, 0.5) is 13.2 Å². The van der Waals surface area contributed by atoms with Crippen molar-refractivity contribution in [2.45, 2.75) is 12.7 Å². The summed E-state index contributed by atoms with van der Waals surface area (Å²) in [6, 6.07) is 4.88. The molecule has 8 heteroatoms. The molecule has 0 saturated carbocycles. The molecule has 0 radical (unpaired) electrons. The van der Waals surface area contributed by atoms with Crippen LogP contribution in [0.15, 0.2) is 24.3 Å². The van der Waals surface area contributed by atoms with Crippen molar-refractivity contribution < 1.29 is 26.9 Å². The lowest BCUT2D eigenvalue weighted by Gasteiger charge is -2.14. The summed E-state index contributed by atoms with van der Waals surface area (Å²) in [5.41, 5.74) is 0.0654. The van der Waals surface area contributed by atoms with Crippen LogP contribution in [0.5, 0.6) is 0 Å². The number of alkyl halides is 3. The van der Waals surface area contributed by atoms with Crippen LogP contribution in [0.3, 0.4) is 0 Å². The van der Waals surface area contributed by atoms with Crippen LogP contribution in [0.2, 0.25) is 0 Å². The van der Waals surface area contributed by atoms with Crippen LogP contribution < -0.4 is 5.32 Å². The van der Waals surface area contributed by atoms with E-state index < -0.39 is 21.8 Å². The third-order valence-electron chi connectivity index (χ3n) is 2.32. The van der Waals surface area contributed by atoms with Gasteiger partial charge in [-0.15, -0.1) is 0 Å². The maximum atomic E-state index is 12.3. The van der Waals surface area contributed by atoms with E-state index in [9.17, 15) is 21.6 Å². The van der Waals surface area contributed by atoms with Crippen LogP contribution >= 0.6 is 0 Å². The van der Waals surface area contributed by atoms with E-state index in [0.717, 1.165) is 24.0 Å². The number of hydrogen-bond acceptors (Lipinski definition) is 2. The van der Waals surface area contributed by atoms with Crippen LogP contribution in [0, 0.1) is 0 Å². The molecule has 19 heavy (non-hydrogen) atoms. The molecule has 0 amide bonds. The average Bonchev–Trinajstić information content (AvgIpc) is 2.26. The summed E-state index contributed by atoms with van der Waals surface area (Å²) < 4.78 is 61.8. The number of sulfonamides is 1. The molecule has 1 rings (SSSR count). The molecular formula is C11H15F3N2O2S. The molecule has 0 aliphatic rings. The Bertz CT molecular complexity index is 498. The molecule has 0 heterocycles. The fraction of sp³-hybridized carbons (Fsp3) is 0.455. The quantitative estimate of drug-likeness (QED) is 0.799. The Balaban J connectivity index is 2.35. The minimum Gasteiger partial charge on any atom is -0.545 e. The van der Waals surface area contributed by atoms with Crippen molar-refractivity contribution in [1.29, 1.82) is 0 Å². The predicted octanol–water partition coefficient (Wildman–Crippen LogP) is 1.10. The fourth-order valence-corrected chi connectivity index (χ4v) is 1.85. The van der Waals surface area contributed by atoms with E-state index in [4.69, 9.17) is 0 Å². The first-order valence-electron chi connectivity index (χ1n) is 5.55. The van der Waals surface area contributed by atoms with Crippen molar-refractivity contribution in [3.63, 3.8) is 0 Å². The van der Waals surface area contributed by atoms with Gasteiger partial charge in [-0.3, -0.25) is 0 Å². The van der Waals surface area contributed by atoms with Gasteiger partial charge in [0, 0.05) is 11.8 Å². The highest BCUT2D eigenvalue weighted by Crippen LogP contribution is 2.28. The molecule has 4 nitrogen and oxygen atoms in total. The molecule has 2 N–H and O–H groups in total. The Hall–Kier alpha value is -1.12. The van der Waals surface area contributed by atoms with Gasteiger partial charge in [0.05, 0.1) is 22.1 Å². The van der Waals surface area contributed by atoms with Crippen molar-refractivity contribution in [2.24, 2.45) is 0 Å². The molecule has 108 valence electrons. The number of benzene rings is 1. The van der Waals surface area contributed by atoms with Gasteiger partial charge in [0.15, 0.2) is 0 Å². The molecule has 0 bridgehead atoms. The van der Waals surface area contributed by atoms with E-state index >= 15 is 0 Å². The molecular weight excluding hydrogens is 281 g/mol. The van der Waals surface area contributed by atoms with Crippen LogP contribution in [-0.4, -0.2) is 27.8 Å². The summed E-state index contributed by atoms with van der Waals surface area (Å²) in [7, 11) is -3.31. The predicted molar refractivity (Wildman–Crippen MR) is 65.0 cm³/mol. The lowest BCUT2D eigenvalue weighted by Crippen LogP contribution is -2.83. The molecule has 1 aromatic carbocycles. The Kier molecular flexibility index (Phi) is 5.33. The van der Waals surface area contributed by atoms with Crippen molar-refractivity contribution in [3.05, 3.63) is 40.1 Å². The number of halogens is 3. The van der Waals surface area contributed by atoms with Crippen molar-refractivity contribution >= 4 is 10.0 Å². The zero-order chi connectivity index (χ0) is 14.5. The summed E-state index contributed by atoms with van der Waals surface area (Å²) in [6.07, 6.45) is -3.31. The van der Waals surface area contributed by atoms with E-state index in [1.807, 2.05) is 0 Å². The minimum absolute atomic E-state index is 0.166. The molecule has 0 saturated heterocycles. The Morgan fingerprint density at radius 2 is 1.79 bits per heavy atom. The Labute approximate surface area is 110 Å². The summed E-state index contributed by atoms with van der Waals surface area (Å²) in [5.74, 6) is 0. The second-order valence-electron chi connectivity index (χ2n) is 4.06. The van der Waals surface area contributed by atoms with Crippen LogP contribution in [-0.2, 0) is 22.7 Å². The van der Waals surface area contributed by atoms with E-state index in [0.29, 0.717) is 13.1 Å². The largest absolute Gasteiger partial charge is 0.545 e. The summed E-state index contributed by atoms with van der Waals surface area (Å²) in [4.78, 5) is 0. The van der Waals surface area contributed by atoms with E-state index in [2.05, 4.69) is 4.72 Å². The Morgan fingerprint density at radius 3 is 2.26 bits per heavy atom. The minimum atomic E-state index is -4.32. The van der Waals surface area contributed by atoms with Gasteiger partial charge in [0.1, 0.15) is 6.54 Å². The highest BCUT2D eigenvalue weighted by atomic mass is 32.2. The van der Waals surface area contributed by atoms with Crippen molar-refractivity contribution in [3.8, 4) is 0 Å². The van der Waals surface area contributed by atoms with Gasteiger partial charge in [0.25, 0.3) is 0 Å². The first-order chi connectivity index (χ1) is 8.68. The second-order valence-corrected chi connectivity index (χ2v) is 5.79. The van der Waals surface area contributed by atoms with Crippen molar-refractivity contribution in [1.82, 2.24) is 0 Å². The second kappa shape index (κ2) is 6.36. The normalized spacial score (nSPS) is 12.6. The molecule has 0 aliphatic carbocycles. The topological polar surface area (TPSA) is 64.8 Å². The molecule has 0 fully saturated rings. The van der Waals surface area contributed by atoms with E-state index in [-0.39, 0.29) is 6.54 Å². The third-order valence-corrected chi connectivity index (χ3v) is 2.97. The zero-order valence-electron chi connectivity index (χ0n) is 10.3. The van der Waals surface area contributed by atoms with Gasteiger partial charge in [-0.1, -0.05) is 18.7 Å². The fourth-order valence-electron chi connectivity index (χ4n) is 1.41. The molecule has 0 unspecified atom stereocenters. The van der Waals surface area contributed by atoms with Crippen LogP contribution in [0.25, 0.3) is 4.72 Å².